The fourth-order valence-corrected chi connectivity index (χ4v) is 3.24. The summed E-state index contributed by atoms with van der Waals surface area (Å²) in [5.74, 6) is -1.05. The van der Waals surface area contributed by atoms with Crippen molar-refractivity contribution in [1.29, 1.82) is 0 Å². The second-order valence-corrected chi connectivity index (χ2v) is 5.02. The number of cyclic esters (lactones) is 2. The average molecular weight is 251 g/mol. The number of fused-ring (bicyclic) bond motifs is 2. The van der Waals surface area contributed by atoms with Gasteiger partial charge in [-0.1, -0.05) is 0 Å². The molecule has 1 aromatic carbocycles. The van der Waals surface area contributed by atoms with Gasteiger partial charge < -0.3 is 0 Å². The van der Waals surface area contributed by atoms with Crippen LogP contribution in [0.25, 0.3) is 9.65 Å². The predicted octanol–water partition coefficient (Wildman–Crippen LogP) is 1.21. The first-order valence-electron chi connectivity index (χ1n) is 4.03. The van der Waals surface area contributed by atoms with Gasteiger partial charge in [0.05, 0.1) is 0 Å². The van der Waals surface area contributed by atoms with E-state index in [4.69, 9.17) is 0 Å². The van der Waals surface area contributed by atoms with Gasteiger partial charge in [-0.2, -0.15) is 0 Å². The SMILES string of the molecule is O=C1OC(=O)c2cc3[se]ccc3cc21. The van der Waals surface area contributed by atoms with Crippen LogP contribution in [0.4, 0.5) is 0 Å². The molecule has 1 aliphatic rings. The number of hydrogen-bond donors (Lipinski definition) is 0. The molecule has 0 aliphatic carbocycles. The Labute approximate surface area is 85.0 Å². The molecule has 0 spiro atoms. The van der Waals surface area contributed by atoms with E-state index in [0.717, 1.165) is 9.65 Å². The van der Waals surface area contributed by atoms with E-state index in [-0.39, 0.29) is 14.5 Å². The maximum atomic E-state index is 11.2. The van der Waals surface area contributed by atoms with Crippen molar-refractivity contribution in [2.75, 3.05) is 0 Å². The molecular formula is C10H4O3Se. The van der Waals surface area contributed by atoms with Crippen molar-refractivity contribution >= 4 is 36.1 Å². The van der Waals surface area contributed by atoms with Crippen molar-refractivity contribution < 1.29 is 14.3 Å². The summed E-state index contributed by atoms with van der Waals surface area (Å²) in [6, 6.07) is 5.49. The molecule has 1 aliphatic heterocycles. The average Bonchev–Trinajstić information content (AvgIpc) is 2.70. The molecule has 0 fully saturated rings. The Morgan fingerprint density at radius 3 is 2.57 bits per heavy atom. The molecule has 0 saturated carbocycles. The van der Waals surface area contributed by atoms with Gasteiger partial charge in [0.1, 0.15) is 0 Å². The molecule has 0 unspecified atom stereocenters. The van der Waals surface area contributed by atoms with Crippen molar-refractivity contribution in [3.8, 4) is 0 Å². The molecule has 2 heterocycles. The number of esters is 2. The summed E-state index contributed by atoms with van der Waals surface area (Å²) in [6.07, 6.45) is 0. The first-order chi connectivity index (χ1) is 6.75. The van der Waals surface area contributed by atoms with Gasteiger partial charge in [0, 0.05) is 0 Å². The summed E-state index contributed by atoms with van der Waals surface area (Å²) < 4.78 is 5.66. The quantitative estimate of drug-likeness (QED) is 0.401. The molecule has 0 radical (unpaired) electrons. The van der Waals surface area contributed by atoms with Crippen molar-refractivity contribution in [3.05, 3.63) is 34.3 Å². The predicted molar refractivity (Wildman–Crippen MR) is 50.6 cm³/mol. The first-order valence-corrected chi connectivity index (χ1v) is 5.88. The normalized spacial score (nSPS) is 14.6. The molecule has 68 valence electrons. The Bertz CT molecular complexity index is 520. The number of carbonyl (C=O) groups excluding carboxylic acids is 2. The van der Waals surface area contributed by atoms with E-state index in [2.05, 4.69) is 9.68 Å². The maximum absolute atomic E-state index is 11.2. The standard InChI is InChI=1S/C10H4O3Se/c11-9-6-3-5-1-2-14-8(5)4-7(6)10(12)13-9/h1-4H. The van der Waals surface area contributed by atoms with Gasteiger partial charge in [-0.05, 0) is 0 Å². The van der Waals surface area contributed by atoms with Gasteiger partial charge in [-0.15, -0.1) is 0 Å². The van der Waals surface area contributed by atoms with Crippen LogP contribution in [0.15, 0.2) is 23.1 Å². The van der Waals surface area contributed by atoms with E-state index in [0.29, 0.717) is 11.1 Å². The van der Waals surface area contributed by atoms with Gasteiger partial charge in [-0.25, -0.2) is 0 Å². The molecule has 0 saturated heterocycles. The third-order valence-corrected chi connectivity index (χ3v) is 4.06. The molecule has 3 nitrogen and oxygen atoms in total. The molecule has 3 rings (SSSR count). The number of hydrogen-bond acceptors (Lipinski definition) is 3. The van der Waals surface area contributed by atoms with Crippen LogP contribution in [0.3, 0.4) is 0 Å². The van der Waals surface area contributed by atoms with Gasteiger partial charge in [0.15, 0.2) is 0 Å². The van der Waals surface area contributed by atoms with Crippen LogP contribution in [-0.4, -0.2) is 26.4 Å². The minimum absolute atomic E-state index is 0.288. The van der Waals surface area contributed by atoms with Crippen LogP contribution in [0.2, 0.25) is 0 Å². The number of ether oxygens (including phenoxy) is 1. The summed E-state index contributed by atoms with van der Waals surface area (Å²) in [5, 5.41) is 1.04. The first kappa shape index (κ1) is 7.97. The summed E-state index contributed by atoms with van der Waals surface area (Å²) in [4.78, 5) is 24.5. The minimum atomic E-state index is -0.527. The molecule has 14 heavy (non-hydrogen) atoms. The topological polar surface area (TPSA) is 43.4 Å². The Hall–Kier alpha value is -1.38. The molecular weight excluding hydrogens is 247 g/mol. The van der Waals surface area contributed by atoms with E-state index in [9.17, 15) is 9.59 Å². The van der Waals surface area contributed by atoms with Gasteiger partial charge in [0.2, 0.25) is 0 Å². The van der Waals surface area contributed by atoms with Crippen LogP contribution in [-0.2, 0) is 4.74 Å². The number of rotatable bonds is 0. The molecule has 4 heteroatoms. The van der Waals surface area contributed by atoms with Crippen molar-refractivity contribution in [3.63, 3.8) is 0 Å². The molecule has 0 atom stereocenters. The van der Waals surface area contributed by atoms with Crippen LogP contribution in [0.5, 0.6) is 0 Å². The number of carbonyl (C=O) groups is 2. The second kappa shape index (κ2) is 2.56. The van der Waals surface area contributed by atoms with E-state index in [1.807, 2.05) is 6.07 Å². The third kappa shape index (κ3) is 0.924. The summed E-state index contributed by atoms with van der Waals surface area (Å²) in [6.45, 7) is 0. The van der Waals surface area contributed by atoms with Crippen molar-refractivity contribution in [2.24, 2.45) is 0 Å². The third-order valence-electron chi connectivity index (χ3n) is 2.22. The fourth-order valence-electron chi connectivity index (χ4n) is 1.54. The molecule has 0 bridgehead atoms. The second-order valence-electron chi connectivity index (χ2n) is 3.03. The Morgan fingerprint density at radius 2 is 1.79 bits per heavy atom. The van der Waals surface area contributed by atoms with Gasteiger partial charge in [-0.3, -0.25) is 0 Å². The zero-order chi connectivity index (χ0) is 9.71. The molecule has 2 aromatic rings. The molecule has 1 aromatic heterocycles. The van der Waals surface area contributed by atoms with Crippen LogP contribution >= 0.6 is 0 Å². The Morgan fingerprint density at radius 1 is 1.07 bits per heavy atom. The Balaban J connectivity index is 2.43. The van der Waals surface area contributed by atoms with Gasteiger partial charge in [0.25, 0.3) is 0 Å². The van der Waals surface area contributed by atoms with E-state index >= 15 is 0 Å². The zero-order valence-electron chi connectivity index (χ0n) is 6.94. The van der Waals surface area contributed by atoms with E-state index < -0.39 is 11.9 Å². The number of benzene rings is 1. The van der Waals surface area contributed by atoms with E-state index in [1.165, 1.54) is 0 Å². The fraction of sp³-hybridized carbons (Fsp3) is 0. The van der Waals surface area contributed by atoms with Crippen LogP contribution < -0.4 is 0 Å². The van der Waals surface area contributed by atoms with E-state index in [1.54, 1.807) is 12.1 Å². The summed E-state index contributed by atoms with van der Waals surface area (Å²) in [7, 11) is 0. The molecule has 0 N–H and O–H groups in total. The monoisotopic (exact) mass is 252 g/mol. The van der Waals surface area contributed by atoms with Crippen molar-refractivity contribution in [1.82, 2.24) is 0 Å². The van der Waals surface area contributed by atoms with Crippen molar-refractivity contribution in [2.45, 2.75) is 0 Å². The van der Waals surface area contributed by atoms with Crippen LogP contribution in [0.1, 0.15) is 20.7 Å². The zero-order valence-corrected chi connectivity index (χ0v) is 8.66. The summed E-state index contributed by atoms with van der Waals surface area (Å²) >= 11 is 0.288. The van der Waals surface area contributed by atoms with Crippen LogP contribution in [0, 0.1) is 0 Å². The Kier molecular flexibility index (Phi) is 1.46. The summed E-state index contributed by atoms with van der Waals surface area (Å²) in [5.41, 5.74) is 0.815. The van der Waals surface area contributed by atoms with Gasteiger partial charge >= 0.3 is 84.7 Å². The molecule has 0 amide bonds.